The second-order valence-electron chi connectivity index (χ2n) is 3.03. The van der Waals surface area contributed by atoms with Crippen LogP contribution < -0.4 is 0 Å². The minimum atomic E-state index is -2.50. The third kappa shape index (κ3) is 3.23. The van der Waals surface area contributed by atoms with Crippen molar-refractivity contribution in [2.24, 2.45) is 5.92 Å². The zero-order chi connectivity index (χ0) is 10.6. The SMILES string of the molecule is CCOC(=O)[C@@](F)(Br)[C@@H](O)C(C)C. The molecule has 0 aromatic carbocycles. The fraction of sp³-hybridized carbons (Fsp3) is 0.875. The first-order chi connectivity index (χ1) is 5.84. The zero-order valence-corrected chi connectivity index (χ0v) is 9.47. The molecule has 0 saturated carbocycles. The molecule has 0 fully saturated rings. The molecule has 0 aliphatic heterocycles. The Labute approximate surface area is 85.4 Å². The third-order valence-corrected chi connectivity index (χ3v) is 2.34. The van der Waals surface area contributed by atoms with E-state index in [0.717, 1.165) is 0 Å². The van der Waals surface area contributed by atoms with Gasteiger partial charge in [0, 0.05) is 0 Å². The number of esters is 1. The monoisotopic (exact) mass is 256 g/mol. The van der Waals surface area contributed by atoms with Crippen molar-refractivity contribution in [1.82, 2.24) is 0 Å². The number of alkyl halides is 2. The molecule has 0 aromatic heterocycles. The zero-order valence-electron chi connectivity index (χ0n) is 7.88. The largest absolute Gasteiger partial charge is 0.463 e. The van der Waals surface area contributed by atoms with Gasteiger partial charge in [0.05, 0.1) is 6.61 Å². The number of halogens is 2. The van der Waals surface area contributed by atoms with Gasteiger partial charge in [-0.1, -0.05) is 13.8 Å². The van der Waals surface area contributed by atoms with Crippen molar-refractivity contribution in [2.75, 3.05) is 6.61 Å². The first-order valence-electron chi connectivity index (χ1n) is 4.07. The molecule has 5 heteroatoms. The van der Waals surface area contributed by atoms with Crippen molar-refractivity contribution in [3.05, 3.63) is 0 Å². The lowest BCUT2D eigenvalue weighted by atomic mass is 10.0. The molecule has 3 nitrogen and oxygen atoms in total. The van der Waals surface area contributed by atoms with E-state index in [1.807, 2.05) is 0 Å². The number of hydrogen-bond donors (Lipinski definition) is 1. The molecule has 0 rings (SSSR count). The molecule has 13 heavy (non-hydrogen) atoms. The summed E-state index contributed by atoms with van der Waals surface area (Å²) in [5.41, 5.74) is 0. The van der Waals surface area contributed by atoms with Gasteiger partial charge in [0.1, 0.15) is 6.10 Å². The Balaban J connectivity index is 4.45. The second-order valence-corrected chi connectivity index (χ2v) is 4.19. The average Bonchev–Trinajstić information content (AvgIpc) is 2.03. The van der Waals surface area contributed by atoms with Crippen molar-refractivity contribution in [3.63, 3.8) is 0 Å². The lowest BCUT2D eigenvalue weighted by molar-refractivity contribution is -0.157. The number of hydrogen-bond acceptors (Lipinski definition) is 3. The molecule has 1 N–H and O–H groups in total. The van der Waals surface area contributed by atoms with Crippen LogP contribution in [0, 0.1) is 5.92 Å². The van der Waals surface area contributed by atoms with E-state index in [0.29, 0.717) is 0 Å². The number of ether oxygens (including phenoxy) is 1. The van der Waals surface area contributed by atoms with E-state index in [1.54, 1.807) is 20.8 Å². The van der Waals surface area contributed by atoms with Crippen molar-refractivity contribution in [1.29, 1.82) is 0 Å². The summed E-state index contributed by atoms with van der Waals surface area (Å²) in [5.74, 6) is -1.45. The summed E-state index contributed by atoms with van der Waals surface area (Å²) in [5, 5.41) is 9.33. The third-order valence-electron chi connectivity index (χ3n) is 1.55. The maximum Gasteiger partial charge on any atom is 0.357 e. The molecule has 78 valence electrons. The van der Waals surface area contributed by atoms with Gasteiger partial charge in [-0.15, -0.1) is 0 Å². The van der Waals surface area contributed by atoms with Crippen LogP contribution in [-0.4, -0.2) is 28.4 Å². The maximum atomic E-state index is 13.5. The molecule has 0 amide bonds. The normalized spacial score (nSPS) is 18.1. The van der Waals surface area contributed by atoms with E-state index in [4.69, 9.17) is 0 Å². The molecular weight excluding hydrogens is 243 g/mol. The summed E-state index contributed by atoms with van der Waals surface area (Å²) in [4.78, 5) is 11.0. The lowest BCUT2D eigenvalue weighted by Crippen LogP contribution is -2.44. The Bertz CT molecular complexity index is 182. The molecule has 0 aromatic rings. The molecule has 0 aliphatic rings. The molecule has 0 radical (unpaired) electrons. The Morgan fingerprint density at radius 1 is 1.69 bits per heavy atom. The molecule has 2 atom stereocenters. The van der Waals surface area contributed by atoms with Crippen LogP contribution in [0.3, 0.4) is 0 Å². The molecular formula is C8H14BrFO3. The summed E-state index contributed by atoms with van der Waals surface area (Å²) in [6.45, 7) is 4.88. The van der Waals surface area contributed by atoms with E-state index in [-0.39, 0.29) is 12.5 Å². The first-order valence-corrected chi connectivity index (χ1v) is 4.86. The number of carbonyl (C=O) groups excluding carboxylic acids is 1. The van der Waals surface area contributed by atoms with E-state index in [2.05, 4.69) is 20.7 Å². The highest BCUT2D eigenvalue weighted by atomic mass is 79.9. The van der Waals surface area contributed by atoms with Crippen molar-refractivity contribution >= 4 is 21.9 Å². The fourth-order valence-corrected chi connectivity index (χ4v) is 1.41. The van der Waals surface area contributed by atoms with E-state index >= 15 is 0 Å². The smallest absolute Gasteiger partial charge is 0.357 e. The highest BCUT2D eigenvalue weighted by molar-refractivity contribution is 9.10. The van der Waals surface area contributed by atoms with Gasteiger partial charge in [-0.3, -0.25) is 0 Å². The predicted molar refractivity (Wildman–Crippen MR) is 50.2 cm³/mol. The number of aliphatic hydroxyl groups excluding tert-OH is 1. The quantitative estimate of drug-likeness (QED) is 0.615. The van der Waals surface area contributed by atoms with Gasteiger partial charge in [-0.25, -0.2) is 9.18 Å². The van der Waals surface area contributed by atoms with Crippen molar-refractivity contribution in [3.8, 4) is 0 Å². The minimum absolute atomic E-state index is 0.0842. The summed E-state index contributed by atoms with van der Waals surface area (Å²) in [6, 6.07) is 0. The number of rotatable bonds is 4. The Morgan fingerprint density at radius 3 is 2.46 bits per heavy atom. The number of aliphatic hydroxyl groups is 1. The predicted octanol–water partition coefficient (Wildman–Crippen LogP) is 1.63. The van der Waals surface area contributed by atoms with Gasteiger partial charge in [-0.05, 0) is 28.8 Å². The topological polar surface area (TPSA) is 46.5 Å². The van der Waals surface area contributed by atoms with Gasteiger partial charge < -0.3 is 9.84 Å². The van der Waals surface area contributed by atoms with Crippen LogP contribution in [0.1, 0.15) is 20.8 Å². The van der Waals surface area contributed by atoms with Gasteiger partial charge in [0.25, 0.3) is 4.58 Å². The van der Waals surface area contributed by atoms with Crippen LogP contribution in [-0.2, 0) is 9.53 Å². The van der Waals surface area contributed by atoms with Gasteiger partial charge >= 0.3 is 5.97 Å². The fourth-order valence-electron chi connectivity index (χ4n) is 0.767. The van der Waals surface area contributed by atoms with Crippen LogP contribution in [0.15, 0.2) is 0 Å². The first kappa shape index (κ1) is 12.8. The van der Waals surface area contributed by atoms with E-state index in [1.165, 1.54) is 0 Å². The van der Waals surface area contributed by atoms with Gasteiger partial charge in [0.2, 0.25) is 0 Å². The lowest BCUT2D eigenvalue weighted by Gasteiger charge is -2.24. The molecule has 0 saturated heterocycles. The molecule has 0 bridgehead atoms. The number of carbonyl (C=O) groups is 1. The molecule has 0 aliphatic carbocycles. The van der Waals surface area contributed by atoms with Crippen LogP contribution >= 0.6 is 15.9 Å². The maximum absolute atomic E-state index is 13.5. The Hall–Kier alpha value is -0.160. The molecule has 0 heterocycles. The second kappa shape index (κ2) is 4.91. The van der Waals surface area contributed by atoms with E-state index < -0.39 is 16.7 Å². The van der Waals surface area contributed by atoms with Gasteiger partial charge in [-0.2, -0.15) is 0 Å². The van der Waals surface area contributed by atoms with Crippen LogP contribution in [0.5, 0.6) is 0 Å². The Kier molecular flexibility index (Phi) is 4.85. The van der Waals surface area contributed by atoms with Crippen LogP contribution in [0.4, 0.5) is 4.39 Å². The van der Waals surface area contributed by atoms with Crippen LogP contribution in [0.25, 0.3) is 0 Å². The van der Waals surface area contributed by atoms with Crippen molar-refractivity contribution in [2.45, 2.75) is 31.5 Å². The minimum Gasteiger partial charge on any atom is -0.463 e. The summed E-state index contributed by atoms with van der Waals surface area (Å²) in [6.07, 6.45) is -1.41. The Morgan fingerprint density at radius 2 is 2.15 bits per heavy atom. The average molecular weight is 257 g/mol. The molecule has 0 spiro atoms. The van der Waals surface area contributed by atoms with Gasteiger partial charge in [0.15, 0.2) is 0 Å². The standard InChI is InChI=1S/C8H14BrFO3/c1-4-13-7(12)8(9,10)6(11)5(2)3/h5-6,11H,4H2,1-3H3/t6-,8+/m0/s1. The molecule has 0 unspecified atom stereocenters. The van der Waals surface area contributed by atoms with Crippen molar-refractivity contribution < 1.29 is 19.0 Å². The summed E-state index contributed by atoms with van der Waals surface area (Å²) >= 11 is 2.52. The summed E-state index contributed by atoms with van der Waals surface area (Å²) < 4.78 is 15.5. The van der Waals surface area contributed by atoms with Crippen LogP contribution in [0.2, 0.25) is 0 Å². The highest BCUT2D eigenvalue weighted by Gasteiger charge is 2.46. The highest BCUT2D eigenvalue weighted by Crippen LogP contribution is 2.30. The summed E-state index contributed by atoms with van der Waals surface area (Å²) in [7, 11) is 0. The van der Waals surface area contributed by atoms with E-state index in [9.17, 15) is 14.3 Å².